The molecule has 6 nitrogen and oxygen atoms in total. The summed E-state index contributed by atoms with van der Waals surface area (Å²) in [6.45, 7) is -0.395. The molecule has 0 amide bonds. The van der Waals surface area contributed by atoms with Crippen LogP contribution in [0.2, 0.25) is 0 Å². The first-order valence-electron chi connectivity index (χ1n) is 8.06. The zero-order valence-corrected chi connectivity index (χ0v) is 15.1. The molecule has 0 spiro atoms. The predicted molar refractivity (Wildman–Crippen MR) is 100 cm³/mol. The van der Waals surface area contributed by atoms with Crippen LogP contribution in [-0.4, -0.2) is 34.3 Å². The van der Waals surface area contributed by atoms with E-state index in [-0.39, 0.29) is 5.75 Å². The number of H-pyrrole nitrogens is 1. The van der Waals surface area contributed by atoms with Crippen LogP contribution in [0.3, 0.4) is 0 Å². The van der Waals surface area contributed by atoms with E-state index in [0.29, 0.717) is 28.5 Å². The Morgan fingerprint density at radius 1 is 1.22 bits per heavy atom. The molecule has 1 aromatic heterocycles. The molecule has 0 aliphatic rings. The number of ether oxygens (including phenoxy) is 2. The molecule has 3 rings (SSSR count). The fraction of sp³-hybridized carbons (Fsp3) is 0.167. The van der Waals surface area contributed by atoms with Crippen LogP contribution >= 0.6 is 12.2 Å². The van der Waals surface area contributed by atoms with Gasteiger partial charge in [-0.05, 0) is 61.1 Å². The molecule has 3 aromatic rings. The van der Waals surface area contributed by atoms with Gasteiger partial charge in [0.05, 0.1) is 12.8 Å². The molecule has 0 radical (unpaired) electrons. The lowest BCUT2D eigenvalue weighted by molar-refractivity contribution is -0.0498. The van der Waals surface area contributed by atoms with Gasteiger partial charge in [-0.3, -0.25) is 0 Å². The lowest BCUT2D eigenvalue weighted by atomic mass is 10.2. The van der Waals surface area contributed by atoms with Crippen molar-refractivity contribution in [1.82, 2.24) is 14.9 Å². The Morgan fingerprint density at radius 2 is 2.00 bits per heavy atom. The van der Waals surface area contributed by atoms with Gasteiger partial charge in [-0.1, -0.05) is 12.1 Å². The van der Waals surface area contributed by atoms with Crippen molar-refractivity contribution in [2.24, 2.45) is 5.10 Å². The van der Waals surface area contributed by atoms with Crippen molar-refractivity contribution < 1.29 is 18.3 Å². The lowest BCUT2D eigenvalue weighted by Crippen LogP contribution is -2.01. The number of nitrogens with zero attached hydrogens (tertiary/aromatic N) is 3. The molecule has 27 heavy (non-hydrogen) atoms. The molecule has 0 bridgehead atoms. The standard InChI is InChI=1S/C18H16F2N4O2S/c1-2-25-15-5-3-4-13(10-15)16-22-23-18(27)24(16)21-11-12-6-8-14(9-7-12)26-17(19)20/h3-11,17H,2H2,1H3,(H,23,27)/b21-11+. The molecular formula is C18H16F2N4O2S. The van der Waals surface area contributed by atoms with Crippen molar-refractivity contribution in [2.75, 3.05) is 6.61 Å². The van der Waals surface area contributed by atoms with Crippen molar-refractivity contribution in [3.8, 4) is 22.9 Å². The van der Waals surface area contributed by atoms with Gasteiger partial charge in [0.2, 0.25) is 4.77 Å². The Labute approximate surface area is 159 Å². The molecule has 0 unspecified atom stereocenters. The maximum Gasteiger partial charge on any atom is 0.387 e. The maximum atomic E-state index is 12.2. The van der Waals surface area contributed by atoms with Crippen LogP contribution in [0.25, 0.3) is 11.4 Å². The van der Waals surface area contributed by atoms with Crippen LogP contribution < -0.4 is 9.47 Å². The zero-order valence-electron chi connectivity index (χ0n) is 14.3. The van der Waals surface area contributed by atoms with E-state index in [1.165, 1.54) is 16.8 Å². The Morgan fingerprint density at radius 3 is 2.70 bits per heavy atom. The highest BCUT2D eigenvalue weighted by Crippen LogP contribution is 2.22. The summed E-state index contributed by atoms with van der Waals surface area (Å²) in [4.78, 5) is 0. The minimum Gasteiger partial charge on any atom is -0.494 e. The van der Waals surface area contributed by atoms with E-state index in [9.17, 15) is 8.78 Å². The number of halogens is 2. The van der Waals surface area contributed by atoms with Gasteiger partial charge in [0.1, 0.15) is 11.5 Å². The second-order valence-corrected chi connectivity index (χ2v) is 5.70. The maximum absolute atomic E-state index is 12.2. The fourth-order valence-electron chi connectivity index (χ4n) is 2.34. The second kappa shape index (κ2) is 8.54. The van der Waals surface area contributed by atoms with Gasteiger partial charge in [0, 0.05) is 5.56 Å². The highest BCUT2D eigenvalue weighted by Gasteiger charge is 2.09. The summed E-state index contributed by atoms with van der Waals surface area (Å²) in [5, 5.41) is 11.3. The third-order valence-electron chi connectivity index (χ3n) is 3.48. The third-order valence-corrected chi connectivity index (χ3v) is 3.75. The quantitative estimate of drug-likeness (QED) is 0.477. The van der Waals surface area contributed by atoms with E-state index in [0.717, 1.165) is 5.56 Å². The van der Waals surface area contributed by atoms with E-state index in [1.807, 2.05) is 31.2 Å². The zero-order chi connectivity index (χ0) is 19.2. The monoisotopic (exact) mass is 390 g/mol. The van der Waals surface area contributed by atoms with Gasteiger partial charge in [-0.2, -0.15) is 23.7 Å². The normalized spacial score (nSPS) is 11.3. The van der Waals surface area contributed by atoms with E-state index in [4.69, 9.17) is 17.0 Å². The topological polar surface area (TPSA) is 64.4 Å². The van der Waals surface area contributed by atoms with Crippen molar-refractivity contribution in [2.45, 2.75) is 13.5 Å². The SMILES string of the molecule is CCOc1cccc(-c2n[nH]c(=S)n2/N=C/c2ccc(OC(F)F)cc2)c1. The highest BCUT2D eigenvalue weighted by molar-refractivity contribution is 7.71. The summed E-state index contributed by atoms with van der Waals surface area (Å²) < 4.78 is 36.0. The molecule has 9 heteroatoms. The number of aromatic nitrogens is 3. The first-order valence-corrected chi connectivity index (χ1v) is 8.47. The minimum atomic E-state index is -2.86. The van der Waals surface area contributed by atoms with E-state index in [2.05, 4.69) is 20.0 Å². The van der Waals surface area contributed by atoms with Crippen LogP contribution in [-0.2, 0) is 0 Å². The number of benzene rings is 2. The summed E-state index contributed by atoms with van der Waals surface area (Å²) in [5.74, 6) is 1.32. The molecule has 0 saturated heterocycles. The Kier molecular flexibility index (Phi) is 5.92. The first kappa shape index (κ1) is 18.7. The van der Waals surface area contributed by atoms with Crippen molar-refractivity contribution >= 4 is 18.4 Å². The molecule has 2 aromatic carbocycles. The van der Waals surface area contributed by atoms with Crippen LogP contribution in [0.1, 0.15) is 12.5 Å². The molecule has 0 saturated carbocycles. The molecule has 0 fully saturated rings. The van der Waals surface area contributed by atoms with Crippen LogP contribution in [0.5, 0.6) is 11.5 Å². The van der Waals surface area contributed by atoms with Gasteiger partial charge in [0.25, 0.3) is 0 Å². The molecule has 140 valence electrons. The van der Waals surface area contributed by atoms with Gasteiger partial charge < -0.3 is 9.47 Å². The smallest absolute Gasteiger partial charge is 0.387 e. The van der Waals surface area contributed by atoms with Crippen LogP contribution in [0.4, 0.5) is 8.78 Å². The number of hydrogen-bond donors (Lipinski definition) is 1. The Bertz CT molecular complexity index is 984. The van der Waals surface area contributed by atoms with Crippen molar-refractivity contribution in [3.05, 3.63) is 58.9 Å². The average molecular weight is 390 g/mol. The molecule has 1 heterocycles. The van der Waals surface area contributed by atoms with E-state index in [1.54, 1.807) is 18.3 Å². The molecule has 1 N–H and O–H groups in total. The summed E-state index contributed by atoms with van der Waals surface area (Å²) >= 11 is 5.24. The molecule has 0 aliphatic heterocycles. The Balaban J connectivity index is 1.86. The summed E-state index contributed by atoms with van der Waals surface area (Å²) in [5.41, 5.74) is 1.47. The highest BCUT2D eigenvalue weighted by atomic mass is 32.1. The summed E-state index contributed by atoms with van der Waals surface area (Å²) in [6.07, 6.45) is 1.55. The molecular weight excluding hydrogens is 374 g/mol. The van der Waals surface area contributed by atoms with E-state index >= 15 is 0 Å². The molecule has 0 aliphatic carbocycles. The largest absolute Gasteiger partial charge is 0.494 e. The van der Waals surface area contributed by atoms with Gasteiger partial charge in [0.15, 0.2) is 5.82 Å². The number of alkyl halides is 2. The number of aromatic amines is 1. The molecule has 0 atom stereocenters. The van der Waals surface area contributed by atoms with Crippen LogP contribution in [0.15, 0.2) is 53.6 Å². The van der Waals surface area contributed by atoms with Crippen LogP contribution in [0, 0.1) is 4.77 Å². The van der Waals surface area contributed by atoms with Gasteiger partial charge in [-0.15, -0.1) is 0 Å². The Hall–Kier alpha value is -3.07. The van der Waals surface area contributed by atoms with Gasteiger partial charge >= 0.3 is 6.61 Å². The van der Waals surface area contributed by atoms with Crippen molar-refractivity contribution in [1.29, 1.82) is 0 Å². The number of rotatable bonds is 7. The summed E-state index contributed by atoms with van der Waals surface area (Å²) in [6, 6.07) is 13.5. The fourth-order valence-corrected chi connectivity index (χ4v) is 2.52. The summed E-state index contributed by atoms with van der Waals surface area (Å²) in [7, 11) is 0. The third kappa shape index (κ3) is 4.76. The van der Waals surface area contributed by atoms with Crippen molar-refractivity contribution in [3.63, 3.8) is 0 Å². The number of hydrogen-bond acceptors (Lipinski definition) is 5. The first-order chi connectivity index (χ1) is 13.1. The van der Waals surface area contributed by atoms with Gasteiger partial charge in [-0.25, -0.2) is 5.10 Å². The second-order valence-electron chi connectivity index (χ2n) is 5.32. The minimum absolute atomic E-state index is 0.0792. The predicted octanol–water partition coefficient (Wildman–Crippen LogP) is 4.49. The van der Waals surface area contributed by atoms with E-state index < -0.39 is 6.61 Å². The lowest BCUT2D eigenvalue weighted by Gasteiger charge is -2.06. The average Bonchev–Trinajstić information content (AvgIpc) is 3.02. The number of nitrogens with one attached hydrogen (secondary N) is 1.